The van der Waals surface area contributed by atoms with Gasteiger partial charge in [-0.15, -0.1) is 0 Å². The molecular weight excluding hydrogens is 338 g/mol. The van der Waals surface area contributed by atoms with Crippen LogP contribution in [0.15, 0.2) is 29.4 Å². The zero-order chi connectivity index (χ0) is 18.0. The Balaban J connectivity index is 1.81. The Bertz CT molecular complexity index is 769. The number of benzene rings is 1. The molecule has 7 heteroatoms. The lowest BCUT2D eigenvalue weighted by Crippen LogP contribution is -2.16. The quantitative estimate of drug-likeness (QED) is 0.432. The number of hydrogen-bond donors (Lipinski definition) is 0. The zero-order valence-corrected chi connectivity index (χ0v) is 15.6. The number of nitrogens with zero attached hydrogens (tertiary/aromatic N) is 3. The van der Waals surface area contributed by atoms with E-state index in [1.54, 1.807) is 23.9 Å². The molecule has 1 aromatic heterocycles. The van der Waals surface area contributed by atoms with Crippen LogP contribution in [0.5, 0.6) is 0 Å². The molecule has 3 rings (SSSR count). The maximum absolute atomic E-state index is 11.0. The summed E-state index contributed by atoms with van der Waals surface area (Å²) >= 11 is 1.64. The van der Waals surface area contributed by atoms with E-state index >= 15 is 0 Å². The third-order valence-electron chi connectivity index (χ3n) is 4.67. The molecule has 0 bridgehead atoms. The van der Waals surface area contributed by atoms with E-state index in [9.17, 15) is 10.1 Å². The first-order chi connectivity index (χ1) is 12.0. The molecule has 25 heavy (non-hydrogen) atoms. The van der Waals surface area contributed by atoms with Crippen LogP contribution >= 0.6 is 11.8 Å². The summed E-state index contributed by atoms with van der Waals surface area (Å²) in [7, 11) is 0. The molecule has 0 aliphatic carbocycles. The highest BCUT2D eigenvalue weighted by Crippen LogP contribution is 2.36. The molecule has 1 aliphatic rings. The second-order valence-corrected chi connectivity index (χ2v) is 7.73. The Morgan fingerprint density at radius 1 is 1.48 bits per heavy atom. The molecule has 0 spiro atoms. The van der Waals surface area contributed by atoms with E-state index in [1.165, 1.54) is 6.07 Å². The van der Waals surface area contributed by atoms with E-state index in [1.807, 2.05) is 13.0 Å². The molecule has 1 fully saturated rings. The fraction of sp³-hybridized carbons (Fsp3) is 0.500. The minimum atomic E-state index is -0.354. The van der Waals surface area contributed by atoms with Crippen molar-refractivity contribution in [2.24, 2.45) is 0 Å². The van der Waals surface area contributed by atoms with Crippen LogP contribution in [0.1, 0.15) is 42.0 Å². The van der Waals surface area contributed by atoms with Gasteiger partial charge in [-0.1, -0.05) is 23.9 Å². The van der Waals surface area contributed by atoms with Crippen molar-refractivity contribution in [3.63, 3.8) is 0 Å². The number of non-ortho nitro benzene ring substituents is 1. The third-order valence-corrected chi connectivity index (χ3v) is 5.81. The number of nitro benzene ring substituents is 1. The number of aromatic nitrogens is 2. The Morgan fingerprint density at radius 2 is 2.28 bits per heavy atom. The number of hydrogen-bond acceptors (Lipinski definition) is 5. The van der Waals surface area contributed by atoms with Crippen LogP contribution in [0.25, 0.3) is 0 Å². The highest BCUT2D eigenvalue weighted by atomic mass is 32.2. The molecule has 2 aromatic rings. The highest BCUT2D eigenvalue weighted by molar-refractivity contribution is 7.99. The number of nitro groups is 1. The van der Waals surface area contributed by atoms with Crippen molar-refractivity contribution in [1.82, 2.24) is 9.55 Å². The Labute approximate surface area is 151 Å². The first-order valence-corrected chi connectivity index (χ1v) is 9.40. The van der Waals surface area contributed by atoms with Gasteiger partial charge in [0, 0.05) is 29.7 Å². The van der Waals surface area contributed by atoms with Crippen molar-refractivity contribution >= 4 is 17.4 Å². The van der Waals surface area contributed by atoms with Crippen LogP contribution in [0.3, 0.4) is 0 Å². The van der Waals surface area contributed by atoms with Gasteiger partial charge in [-0.3, -0.25) is 10.1 Å². The van der Waals surface area contributed by atoms with E-state index in [0.29, 0.717) is 0 Å². The van der Waals surface area contributed by atoms with Gasteiger partial charge in [0.15, 0.2) is 5.16 Å². The molecule has 1 aliphatic heterocycles. The molecule has 2 heterocycles. The summed E-state index contributed by atoms with van der Waals surface area (Å²) in [5.41, 5.74) is 3.23. The molecule has 0 radical (unpaired) electrons. The smallest absolute Gasteiger partial charge is 0.269 e. The van der Waals surface area contributed by atoms with Gasteiger partial charge in [0.05, 0.1) is 23.3 Å². The lowest BCUT2D eigenvalue weighted by Gasteiger charge is -2.17. The second kappa shape index (κ2) is 7.58. The lowest BCUT2D eigenvalue weighted by molar-refractivity contribution is -0.384. The number of thioether (sulfide) groups is 1. The van der Waals surface area contributed by atoms with Crippen LogP contribution in [-0.4, -0.2) is 27.2 Å². The van der Waals surface area contributed by atoms with E-state index in [4.69, 9.17) is 9.72 Å². The highest BCUT2D eigenvalue weighted by Gasteiger charge is 2.22. The summed E-state index contributed by atoms with van der Waals surface area (Å²) in [5, 5.41) is 12.0. The van der Waals surface area contributed by atoms with Crippen molar-refractivity contribution < 1.29 is 9.66 Å². The summed E-state index contributed by atoms with van der Waals surface area (Å²) in [6, 6.07) is 6.83. The first kappa shape index (κ1) is 17.9. The number of rotatable bonds is 6. The maximum Gasteiger partial charge on any atom is 0.269 e. The van der Waals surface area contributed by atoms with Crippen molar-refractivity contribution in [3.8, 4) is 0 Å². The molecule has 2 atom stereocenters. The summed E-state index contributed by atoms with van der Waals surface area (Å²) in [4.78, 5) is 15.4. The molecule has 1 aromatic carbocycles. The average molecular weight is 361 g/mol. The predicted octanol–water partition coefficient (Wildman–Crippen LogP) is 4.44. The lowest BCUT2D eigenvalue weighted by atomic mass is 10.1. The van der Waals surface area contributed by atoms with Gasteiger partial charge in [0.25, 0.3) is 5.69 Å². The predicted molar refractivity (Wildman–Crippen MR) is 98.0 cm³/mol. The first-order valence-electron chi connectivity index (χ1n) is 8.52. The number of aryl methyl sites for hydroxylation is 1. The van der Waals surface area contributed by atoms with Crippen LogP contribution in [0.4, 0.5) is 5.69 Å². The largest absolute Gasteiger partial charge is 0.376 e. The molecule has 0 unspecified atom stereocenters. The summed E-state index contributed by atoms with van der Waals surface area (Å²) in [6.45, 7) is 7.81. The van der Waals surface area contributed by atoms with Gasteiger partial charge in [0.1, 0.15) is 0 Å². The standard InChI is InChI=1S/C18H23N3O3S/c1-12-13(2)20(11-17-8-5-9-24-17)18(19-12)25-14(3)15-6-4-7-16(10-15)21(22)23/h4,6-7,10,14,17H,5,8-9,11H2,1-3H3/t14-,17-/m1/s1. The van der Waals surface area contributed by atoms with Crippen LogP contribution in [0, 0.1) is 24.0 Å². The van der Waals surface area contributed by atoms with Crippen LogP contribution in [0.2, 0.25) is 0 Å². The molecule has 0 saturated carbocycles. The van der Waals surface area contributed by atoms with E-state index in [2.05, 4.69) is 18.4 Å². The fourth-order valence-electron chi connectivity index (χ4n) is 3.04. The Kier molecular flexibility index (Phi) is 5.44. The van der Waals surface area contributed by atoms with Crippen molar-refractivity contribution in [2.75, 3.05) is 6.61 Å². The molecular formula is C18H23N3O3S. The topological polar surface area (TPSA) is 70.2 Å². The van der Waals surface area contributed by atoms with E-state index in [-0.39, 0.29) is 22.0 Å². The second-order valence-electron chi connectivity index (χ2n) is 6.42. The van der Waals surface area contributed by atoms with Crippen LogP contribution in [-0.2, 0) is 11.3 Å². The van der Waals surface area contributed by atoms with E-state index in [0.717, 1.165) is 48.1 Å². The van der Waals surface area contributed by atoms with Crippen molar-refractivity contribution in [2.45, 2.75) is 56.7 Å². The molecule has 1 saturated heterocycles. The molecule has 0 amide bonds. The average Bonchev–Trinajstić information content (AvgIpc) is 3.19. The van der Waals surface area contributed by atoms with Gasteiger partial charge >= 0.3 is 0 Å². The van der Waals surface area contributed by atoms with Gasteiger partial charge in [0.2, 0.25) is 0 Å². The SMILES string of the molecule is Cc1nc(S[C@H](C)c2cccc([N+](=O)[O-])c2)n(C[C@H]2CCCO2)c1C. The normalized spacial score (nSPS) is 18.4. The monoisotopic (exact) mass is 361 g/mol. The third kappa shape index (κ3) is 4.04. The summed E-state index contributed by atoms with van der Waals surface area (Å²) < 4.78 is 8.00. The van der Waals surface area contributed by atoms with E-state index < -0.39 is 0 Å². The van der Waals surface area contributed by atoms with Crippen LogP contribution < -0.4 is 0 Å². The van der Waals surface area contributed by atoms with Gasteiger partial charge in [-0.25, -0.2) is 4.98 Å². The summed E-state index contributed by atoms with van der Waals surface area (Å²) in [5.74, 6) is 0. The minimum Gasteiger partial charge on any atom is -0.376 e. The van der Waals surface area contributed by atoms with Gasteiger partial charge in [-0.2, -0.15) is 0 Å². The minimum absolute atomic E-state index is 0.0735. The Hall–Kier alpha value is -1.86. The van der Waals surface area contributed by atoms with Crippen molar-refractivity contribution in [3.05, 3.63) is 51.3 Å². The maximum atomic E-state index is 11.0. The fourth-order valence-corrected chi connectivity index (χ4v) is 4.17. The number of ether oxygens (including phenoxy) is 1. The summed E-state index contributed by atoms with van der Waals surface area (Å²) in [6.07, 6.45) is 2.45. The van der Waals surface area contributed by atoms with Crippen molar-refractivity contribution in [1.29, 1.82) is 0 Å². The number of imidazole rings is 1. The molecule has 6 nitrogen and oxygen atoms in total. The Morgan fingerprint density at radius 3 is 2.96 bits per heavy atom. The molecule has 134 valence electrons. The van der Waals surface area contributed by atoms with Gasteiger partial charge < -0.3 is 9.30 Å². The van der Waals surface area contributed by atoms with Gasteiger partial charge in [-0.05, 0) is 39.2 Å². The zero-order valence-electron chi connectivity index (χ0n) is 14.8. The molecule has 0 N–H and O–H groups in total.